The van der Waals surface area contributed by atoms with Gasteiger partial charge in [-0.25, -0.2) is 0 Å². The van der Waals surface area contributed by atoms with Crippen LogP contribution in [0.15, 0.2) is 18.2 Å². The molecule has 1 aliphatic carbocycles. The van der Waals surface area contributed by atoms with Crippen LogP contribution in [0.2, 0.25) is 0 Å². The molecule has 2 atom stereocenters. The van der Waals surface area contributed by atoms with Crippen LogP contribution in [-0.2, 0) is 28.6 Å². The van der Waals surface area contributed by atoms with Crippen molar-refractivity contribution in [1.82, 2.24) is 0 Å². The molecule has 0 saturated heterocycles. The molecule has 9 heteroatoms. The minimum Gasteiger partial charge on any atom is -0.460 e. The highest BCUT2D eigenvalue weighted by atomic mass is 16.6. The molecule has 0 saturated carbocycles. The Labute approximate surface area is 205 Å². The molecule has 2 unspecified atom stereocenters. The Morgan fingerprint density at radius 1 is 1.06 bits per heavy atom. The average molecular weight is 490 g/mol. The molecule has 0 fully saturated rings. The van der Waals surface area contributed by atoms with Crippen molar-refractivity contribution in [1.29, 1.82) is 0 Å². The van der Waals surface area contributed by atoms with Crippen molar-refractivity contribution in [3.8, 4) is 0 Å². The summed E-state index contributed by atoms with van der Waals surface area (Å²) in [7, 11) is 0. The number of hydrogen-bond acceptors (Lipinski definition) is 9. The van der Waals surface area contributed by atoms with E-state index in [1.54, 1.807) is 18.2 Å². The molecular formula is C26H35NO8. The van der Waals surface area contributed by atoms with E-state index in [9.17, 15) is 24.0 Å². The predicted octanol–water partition coefficient (Wildman–Crippen LogP) is 3.04. The molecule has 0 amide bonds. The third-order valence-electron chi connectivity index (χ3n) is 5.47. The first kappa shape index (κ1) is 28.3. The van der Waals surface area contributed by atoms with Gasteiger partial charge in [0.05, 0.1) is 44.3 Å². The van der Waals surface area contributed by atoms with E-state index in [-0.39, 0.29) is 49.0 Å². The van der Waals surface area contributed by atoms with Crippen LogP contribution in [0.3, 0.4) is 0 Å². The second kappa shape index (κ2) is 13.3. The van der Waals surface area contributed by atoms with Gasteiger partial charge in [-0.3, -0.25) is 19.2 Å². The predicted molar refractivity (Wildman–Crippen MR) is 129 cm³/mol. The van der Waals surface area contributed by atoms with Gasteiger partial charge in [0.15, 0.2) is 11.6 Å². The fraction of sp³-hybridized carbons (Fsp3) is 0.577. The lowest BCUT2D eigenvalue weighted by Gasteiger charge is -2.19. The fourth-order valence-corrected chi connectivity index (χ4v) is 3.96. The molecule has 0 aromatic heterocycles. The van der Waals surface area contributed by atoms with Crippen LogP contribution >= 0.6 is 0 Å². The van der Waals surface area contributed by atoms with Crippen molar-refractivity contribution >= 4 is 35.3 Å². The monoisotopic (exact) mass is 489 g/mol. The van der Waals surface area contributed by atoms with Crippen molar-refractivity contribution < 1.29 is 38.2 Å². The van der Waals surface area contributed by atoms with E-state index < -0.39 is 23.2 Å². The normalized spacial score (nSPS) is 16.1. The molecule has 192 valence electrons. The summed E-state index contributed by atoms with van der Waals surface area (Å²) in [6, 6.07) is 4.98. The Balaban J connectivity index is 1.79. The molecular weight excluding hydrogens is 454 g/mol. The van der Waals surface area contributed by atoms with Crippen molar-refractivity contribution in [2.75, 3.05) is 38.3 Å². The van der Waals surface area contributed by atoms with Gasteiger partial charge in [-0.15, -0.1) is 0 Å². The van der Waals surface area contributed by atoms with E-state index in [2.05, 4.69) is 5.32 Å². The maximum atomic E-state index is 13.1. The fourth-order valence-electron chi connectivity index (χ4n) is 3.96. The standard InChI is InChI=1S/C26H35NO8/c1-17(29)18(8-6-12-28)23-24(31)19-7-5-9-20(22(19)25(23)32)27-11-14-34-16-15-33-13-10-21(30)35-26(2,3)4/h5,7,9,12,18,23,27H,6,8,10-11,13-16H2,1-4H3. The molecule has 0 spiro atoms. The van der Waals surface area contributed by atoms with Crippen molar-refractivity contribution in [3.05, 3.63) is 29.3 Å². The van der Waals surface area contributed by atoms with Crippen LogP contribution < -0.4 is 5.32 Å². The maximum Gasteiger partial charge on any atom is 0.308 e. The smallest absolute Gasteiger partial charge is 0.308 e. The number of esters is 1. The molecule has 0 heterocycles. The number of fused-ring (bicyclic) bond motifs is 1. The Kier molecular flexibility index (Phi) is 10.7. The average Bonchev–Trinajstić information content (AvgIpc) is 3.02. The summed E-state index contributed by atoms with van der Waals surface area (Å²) in [5, 5.41) is 3.13. The van der Waals surface area contributed by atoms with Gasteiger partial charge in [0.1, 0.15) is 17.7 Å². The minimum atomic E-state index is -1.08. The molecule has 1 aliphatic rings. The first-order valence-corrected chi connectivity index (χ1v) is 11.8. The maximum absolute atomic E-state index is 13.1. The van der Waals surface area contributed by atoms with E-state index in [4.69, 9.17) is 14.2 Å². The SMILES string of the molecule is CC(=O)C(CCC=O)C1C(=O)c2cccc(NCCOCCOCCC(=O)OC(C)(C)C)c2C1=O. The molecule has 1 aromatic rings. The van der Waals surface area contributed by atoms with Crippen LogP contribution in [0.1, 0.15) is 67.7 Å². The van der Waals surface area contributed by atoms with Crippen molar-refractivity contribution in [3.63, 3.8) is 0 Å². The second-order valence-electron chi connectivity index (χ2n) is 9.38. The number of hydrogen-bond donors (Lipinski definition) is 1. The largest absolute Gasteiger partial charge is 0.460 e. The van der Waals surface area contributed by atoms with E-state index in [0.29, 0.717) is 43.9 Å². The molecule has 0 radical (unpaired) electrons. The molecule has 1 N–H and O–H groups in total. The number of carbonyl (C=O) groups is 5. The highest BCUT2D eigenvalue weighted by Gasteiger charge is 2.45. The highest BCUT2D eigenvalue weighted by molar-refractivity contribution is 6.29. The summed E-state index contributed by atoms with van der Waals surface area (Å²) in [4.78, 5) is 60.5. The third kappa shape index (κ3) is 8.36. The number of nitrogens with one attached hydrogen (secondary N) is 1. The van der Waals surface area contributed by atoms with Gasteiger partial charge < -0.3 is 24.3 Å². The number of rotatable bonds is 15. The molecule has 2 rings (SSSR count). The summed E-state index contributed by atoms with van der Waals surface area (Å²) < 4.78 is 16.1. The molecule has 9 nitrogen and oxygen atoms in total. The second-order valence-corrected chi connectivity index (χ2v) is 9.38. The van der Waals surface area contributed by atoms with Gasteiger partial charge in [-0.1, -0.05) is 12.1 Å². The Hall–Kier alpha value is -2.91. The van der Waals surface area contributed by atoms with Crippen LogP contribution in [0.5, 0.6) is 0 Å². The van der Waals surface area contributed by atoms with Gasteiger partial charge in [0.2, 0.25) is 0 Å². The van der Waals surface area contributed by atoms with Crippen LogP contribution in [0.25, 0.3) is 0 Å². The zero-order valence-corrected chi connectivity index (χ0v) is 20.9. The van der Waals surface area contributed by atoms with Crippen LogP contribution in [-0.4, -0.2) is 68.2 Å². The number of benzene rings is 1. The number of anilines is 1. The Bertz CT molecular complexity index is 934. The van der Waals surface area contributed by atoms with Gasteiger partial charge in [-0.2, -0.15) is 0 Å². The lowest BCUT2D eigenvalue weighted by atomic mass is 9.82. The summed E-state index contributed by atoms with van der Waals surface area (Å²) in [6.07, 6.45) is 1.15. The van der Waals surface area contributed by atoms with Crippen LogP contribution in [0, 0.1) is 11.8 Å². The topological polar surface area (TPSA) is 125 Å². The number of aldehydes is 1. The zero-order chi connectivity index (χ0) is 26.0. The van der Waals surface area contributed by atoms with E-state index >= 15 is 0 Å². The molecule has 0 bridgehead atoms. The number of carbonyl (C=O) groups excluding carboxylic acids is 5. The van der Waals surface area contributed by atoms with Gasteiger partial charge in [0, 0.05) is 30.1 Å². The van der Waals surface area contributed by atoms with Crippen molar-refractivity contribution in [2.24, 2.45) is 11.8 Å². The quantitative estimate of drug-likeness (QED) is 0.171. The minimum absolute atomic E-state index is 0.116. The van der Waals surface area contributed by atoms with E-state index in [0.717, 1.165) is 0 Å². The highest BCUT2D eigenvalue weighted by Crippen LogP contribution is 2.37. The molecule has 1 aromatic carbocycles. The molecule has 35 heavy (non-hydrogen) atoms. The first-order chi connectivity index (χ1) is 16.6. The Morgan fingerprint density at radius 3 is 2.37 bits per heavy atom. The molecule has 0 aliphatic heterocycles. The first-order valence-electron chi connectivity index (χ1n) is 11.8. The Morgan fingerprint density at radius 2 is 1.74 bits per heavy atom. The summed E-state index contributed by atoms with van der Waals surface area (Å²) >= 11 is 0. The summed E-state index contributed by atoms with van der Waals surface area (Å²) in [5.74, 6) is -3.24. The van der Waals surface area contributed by atoms with Crippen LogP contribution in [0.4, 0.5) is 5.69 Å². The van der Waals surface area contributed by atoms with E-state index in [1.807, 2.05) is 20.8 Å². The summed E-state index contributed by atoms with van der Waals surface area (Å²) in [5.41, 5.74) is 0.571. The number of ketones is 3. The van der Waals surface area contributed by atoms with Gasteiger partial charge in [0.25, 0.3) is 0 Å². The summed E-state index contributed by atoms with van der Waals surface area (Å²) in [6.45, 7) is 8.40. The van der Waals surface area contributed by atoms with Gasteiger partial charge in [-0.05, 0) is 40.2 Å². The lowest BCUT2D eigenvalue weighted by molar-refractivity contribution is -0.156. The number of Topliss-reactive ketones (excluding diaryl/α,β-unsaturated/α-hetero) is 3. The van der Waals surface area contributed by atoms with Gasteiger partial charge >= 0.3 is 5.97 Å². The zero-order valence-electron chi connectivity index (χ0n) is 20.9. The van der Waals surface area contributed by atoms with Crippen molar-refractivity contribution in [2.45, 2.75) is 52.6 Å². The lowest BCUT2D eigenvalue weighted by Crippen LogP contribution is -2.30. The third-order valence-corrected chi connectivity index (χ3v) is 5.47. The van der Waals surface area contributed by atoms with E-state index in [1.165, 1.54) is 6.92 Å². The number of ether oxygens (including phenoxy) is 3.